The van der Waals surface area contributed by atoms with Crippen molar-refractivity contribution in [3.63, 3.8) is 0 Å². The summed E-state index contributed by atoms with van der Waals surface area (Å²) in [5, 5.41) is 2.01. The number of thiophene rings is 1. The molecule has 3 nitrogen and oxygen atoms in total. The van der Waals surface area contributed by atoms with Gasteiger partial charge in [0.15, 0.2) is 5.78 Å². The summed E-state index contributed by atoms with van der Waals surface area (Å²) < 4.78 is 0. The molecule has 0 atom stereocenters. The predicted octanol–water partition coefficient (Wildman–Crippen LogP) is 5.21. The van der Waals surface area contributed by atoms with Gasteiger partial charge >= 0.3 is 0 Å². The minimum atomic E-state index is 0.148. The highest BCUT2D eigenvalue weighted by Gasteiger charge is 2.16. The van der Waals surface area contributed by atoms with E-state index in [1.54, 1.807) is 11.3 Å². The SMILES string of the molecule is Cc1ccc(C)c(C(=O)CSc2nc(C)nc3sc(C)c(C)c23)c1. The Balaban J connectivity index is 1.90. The summed E-state index contributed by atoms with van der Waals surface area (Å²) in [5.74, 6) is 1.30. The average molecular weight is 357 g/mol. The third-order valence-electron chi connectivity index (χ3n) is 4.14. The van der Waals surface area contributed by atoms with Crippen molar-refractivity contribution in [3.05, 3.63) is 51.2 Å². The van der Waals surface area contributed by atoms with Crippen LogP contribution in [0.1, 0.15) is 37.7 Å². The molecule has 0 aliphatic heterocycles. The smallest absolute Gasteiger partial charge is 0.173 e. The molecule has 0 aliphatic carbocycles. The van der Waals surface area contributed by atoms with Gasteiger partial charge in [0.05, 0.1) is 5.75 Å². The van der Waals surface area contributed by atoms with Crippen molar-refractivity contribution in [1.29, 1.82) is 0 Å². The molecule has 5 heteroatoms. The highest BCUT2D eigenvalue weighted by atomic mass is 32.2. The minimum absolute atomic E-state index is 0.148. The van der Waals surface area contributed by atoms with Crippen molar-refractivity contribution in [2.24, 2.45) is 0 Å². The molecule has 2 heterocycles. The summed E-state index contributed by atoms with van der Waals surface area (Å²) in [6, 6.07) is 6.01. The lowest BCUT2D eigenvalue weighted by molar-refractivity contribution is 0.102. The molecular formula is C19H20N2OS2. The maximum atomic E-state index is 12.6. The van der Waals surface area contributed by atoms with Gasteiger partial charge < -0.3 is 0 Å². The Morgan fingerprint density at radius 3 is 2.62 bits per heavy atom. The molecule has 1 aromatic carbocycles. The molecule has 0 amide bonds. The lowest BCUT2D eigenvalue weighted by Crippen LogP contribution is -2.06. The minimum Gasteiger partial charge on any atom is -0.293 e. The summed E-state index contributed by atoms with van der Waals surface area (Å²) >= 11 is 3.21. The zero-order valence-corrected chi connectivity index (χ0v) is 16.2. The summed E-state index contributed by atoms with van der Waals surface area (Å²) in [6.07, 6.45) is 0. The van der Waals surface area contributed by atoms with Crippen LogP contribution >= 0.6 is 23.1 Å². The summed E-state index contributed by atoms with van der Waals surface area (Å²) in [6.45, 7) is 10.1. The van der Waals surface area contributed by atoms with E-state index in [1.807, 2.05) is 39.0 Å². The number of nitrogens with zero attached hydrogens (tertiary/aromatic N) is 2. The molecule has 124 valence electrons. The number of ketones is 1. The number of hydrogen-bond donors (Lipinski definition) is 0. The number of Topliss-reactive ketones (excluding diaryl/α,β-unsaturated/α-hetero) is 1. The summed E-state index contributed by atoms with van der Waals surface area (Å²) in [4.78, 5) is 24.0. The lowest BCUT2D eigenvalue weighted by atomic mass is 10.0. The van der Waals surface area contributed by atoms with E-state index in [0.29, 0.717) is 5.75 Å². The Bertz CT molecular complexity index is 944. The quantitative estimate of drug-likeness (QED) is 0.366. The van der Waals surface area contributed by atoms with Crippen LogP contribution in [0.5, 0.6) is 0 Å². The Labute approximate surface area is 150 Å². The van der Waals surface area contributed by atoms with E-state index < -0.39 is 0 Å². The van der Waals surface area contributed by atoms with Crippen LogP contribution < -0.4 is 0 Å². The molecule has 3 aromatic rings. The number of fused-ring (bicyclic) bond motifs is 1. The van der Waals surface area contributed by atoms with Crippen molar-refractivity contribution in [2.75, 3.05) is 5.75 Å². The van der Waals surface area contributed by atoms with Crippen LogP contribution in [0, 0.1) is 34.6 Å². The van der Waals surface area contributed by atoms with Crippen molar-refractivity contribution < 1.29 is 4.79 Å². The first kappa shape index (κ1) is 17.1. The fourth-order valence-electron chi connectivity index (χ4n) is 2.67. The molecule has 0 fully saturated rings. The van der Waals surface area contributed by atoms with Crippen LogP contribution in [-0.4, -0.2) is 21.5 Å². The average Bonchev–Trinajstić information content (AvgIpc) is 2.81. The molecular weight excluding hydrogens is 336 g/mol. The van der Waals surface area contributed by atoms with Crippen LogP contribution in [0.3, 0.4) is 0 Å². The third kappa shape index (κ3) is 3.23. The Morgan fingerprint density at radius 2 is 1.88 bits per heavy atom. The first-order valence-corrected chi connectivity index (χ1v) is 9.64. The van der Waals surface area contributed by atoms with E-state index in [2.05, 4.69) is 23.8 Å². The van der Waals surface area contributed by atoms with Gasteiger partial charge in [-0.15, -0.1) is 11.3 Å². The number of hydrogen-bond acceptors (Lipinski definition) is 5. The second-order valence-electron chi connectivity index (χ2n) is 6.07. The molecule has 0 aliphatic rings. The number of carbonyl (C=O) groups is 1. The molecule has 2 aromatic heterocycles. The number of thioether (sulfide) groups is 1. The Hall–Kier alpha value is -1.72. The van der Waals surface area contributed by atoms with E-state index in [-0.39, 0.29) is 5.78 Å². The number of aryl methyl sites for hydroxylation is 5. The van der Waals surface area contributed by atoms with Crippen LogP contribution in [-0.2, 0) is 0 Å². The maximum Gasteiger partial charge on any atom is 0.173 e. The zero-order chi connectivity index (χ0) is 17.4. The van der Waals surface area contributed by atoms with Gasteiger partial charge in [-0.1, -0.05) is 29.5 Å². The largest absolute Gasteiger partial charge is 0.293 e. The van der Waals surface area contributed by atoms with E-state index in [1.165, 1.54) is 22.2 Å². The fourth-order valence-corrected chi connectivity index (χ4v) is 4.82. The molecule has 0 saturated heterocycles. The summed E-state index contributed by atoms with van der Waals surface area (Å²) in [7, 11) is 0. The number of aromatic nitrogens is 2. The first-order chi connectivity index (χ1) is 11.4. The molecule has 0 N–H and O–H groups in total. The summed E-state index contributed by atoms with van der Waals surface area (Å²) in [5.41, 5.74) is 4.16. The van der Waals surface area contributed by atoms with Gasteiger partial charge in [0.25, 0.3) is 0 Å². The van der Waals surface area contributed by atoms with Crippen LogP contribution in [0.25, 0.3) is 10.2 Å². The van der Waals surface area contributed by atoms with Crippen molar-refractivity contribution in [2.45, 2.75) is 39.6 Å². The second-order valence-corrected chi connectivity index (χ2v) is 8.24. The fraction of sp³-hybridized carbons (Fsp3) is 0.316. The first-order valence-electron chi connectivity index (χ1n) is 7.84. The van der Waals surface area contributed by atoms with Crippen molar-refractivity contribution in [3.8, 4) is 0 Å². The van der Waals surface area contributed by atoms with Gasteiger partial charge in [0, 0.05) is 15.8 Å². The Kier molecular flexibility index (Phi) is 4.74. The van der Waals surface area contributed by atoms with Gasteiger partial charge in [-0.3, -0.25) is 4.79 Å². The van der Waals surface area contributed by atoms with Crippen LogP contribution in [0.15, 0.2) is 23.2 Å². The van der Waals surface area contributed by atoms with Gasteiger partial charge in [0.2, 0.25) is 0 Å². The lowest BCUT2D eigenvalue weighted by Gasteiger charge is -2.07. The standard InChI is InChI=1S/C19H20N2OS2/c1-10-6-7-11(2)15(8-10)16(22)9-23-18-17-12(3)13(4)24-19(17)21-14(5)20-18/h6-8H,9H2,1-5H3. The third-order valence-corrected chi connectivity index (χ3v) is 6.22. The number of carbonyl (C=O) groups excluding carboxylic acids is 1. The van der Waals surface area contributed by atoms with Crippen LogP contribution in [0.2, 0.25) is 0 Å². The van der Waals surface area contributed by atoms with E-state index in [4.69, 9.17) is 0 Å². The van der Waals surface area contributed by atoms with Gasteiger partial charge in [-0.05, 0) is 51.8 Å². The predicted molar refractivity (Wildman–Crippen MR) is 103 cm³/mol. The molecule has 3 rings (SSSR count). The van der Waals surface area contributed by atoms with Crippen molar-refractivity contribution in [1.82, 2.24) is 9.97 Å². The molecule has 0 radical (unpaired) electrons. The van der Waals surface area contributed by atoms with Gasteiger partial charge in [-0.2, -0.15) is 0 Å². The Morgan fingerprint density at radius 1 is 1.12 bits per heavy atom. The molecule has 0 unspecified atom stereocenters. The maximum absolute atomic E-state index is 12.6. The highest BCUT2D eigenvalue weighted by Crippen LogP contribution is 2.35. The topological polar surface area (TPSA) is 42.9 Å². The van der Waals surface area contributed by atoms with Gasteiger partial charge in [-0.25, -0.2) is 9.97 Å². The molecule has 24 heavy (non-hydrogen) atoms. The number of rotatable bonds is 4. The van der Waals surface area contributed by atoms with Crippen molar-refractivity contribution >= 4 is 39.1 Å². The molecule has 0 bridgehead atoms. The number of benzene rings is 1. The molecule has 0 saturated carbocycles. The zero-order valence-electron chi connectivity index (χ0n) is 14.6. The van der Waals surface area contributed by atoms with E-state index in [0.717, 1.165) is 37.8 Å². The highest BCUT2D eigenvalue weighted by molar-refractivity contribution is 8.00. The molecule has 0 spiro atoms. The van der Waals surface area contributed by atoms with Gasteiger partial charge in [0.1, 0.15) is 15.7 Å². The van der Waals surface area contributed by atoms with Crippen LogP contribution in [0.4, 0.5) is 0 Å². The normalized spacial score (nSPS) is 11.2. The van der Waals surface area contributed by atoms with E-state index >= 15 is 0 Å². The monoisotopic (exact) mass is 356 g/mol. The van der Waals surface area contributed by atoms with E-state index in [9.17, 15) is 4.79 Å². The second kappa shape index (κ2) is 6.65.